The molecule has 0 radical (unpaired) electrons. The maximum atomic E-state index is 9.78. The topological polar surface area (TPSA) is 58.1 Å². The Kier molecular flexibility index (Phi) is 3.65. The third-order valence-electron chi connectivity index (χ3n) is 2.74. The summed E-state index contributed by atoms with van der Waals surface area (Å²) >= 11 is 0. The second kappa shape index (κ2) is 5.39. The fourth-order valence-electron chi connectivity index (χ4n) is 1.78. The summed E-state index contributed by atoms with van der Waals surface area (Å²) in [4.78, 5) is 0. The molecule has 0 aliphatic carbocycles. The van der Waals surface area contributed by atoms with E-state index < -0.39 is 0 Å². The lowest BCUT2D eigenvalue weighted by Gasteiger charge is -2.06. The maximum absolute atomic E-state index is 9.78. The number of nitrogens with zero attached hydrogens (tertiary/aromatic N) is 1. The Morgan fingerprint density at radius 1 is 1.29 bits per heavy atom. The van der Waals surface area contributed by atoms with E-state index in [0.29, 0.717) is 11.5 Å². The zero-order chi connectivity index (χ0) is 12.1. The lowest BCUT2D eigenvalue weighted by Crippen LogP contribution is -1.92. The average Bonchev–Trinajstić information content (AvgIpc) is 2.84. The number of nitrogens with one attached hydrogen (secondary N) is 1. The van der Waals surface area contributed by atoms with Crippen molar-refractivity contribution in [2.45, 2.75) is 19.3 Å². The Labute approximate surface area is 100 Å². The Morgan fingerprint density at radius 2 is 2.18 bits per heavy atom. The number of aromatic hydroxyl groups is 1. The molecule has 2 rings (SSSR count). The van der Waals surface area contributed by atoms with Gasteiger partial charge in [0.2, 0.25) is 0 Å². The van der Waals surface area contributed by atoms with Gasteiger partial charge in [0.05, 0.1) is 7.11 Å². The van der Waals surface area contributed by atoms with E-state index in [2.05, 4.69) is 10.2 Å². The molecule has 0 bridgehead atoms. The highest BCUT2D eigenvalue weighted by Crippen LogP contribution is 2.24. The molecule has 0 amide bonds. The molecule has 0 fully saturated rings. The number of phenolic OH excluding ortho intramolecular Hbond substituents is 1. The van der Waals surface area contributed by atoms with Crippen molar-refractivity contribution in [1.29, 1.82) is 0 Å². The van der Waals surface area contributed by atoms with E-state index in [1.54, 1.807) is 19.4 Å². The van der Waals surface area contributed by atoms with Gasteiger partial charge in [-0.2, -0.15) is 5.10 Å². The van der Waals surface area contributed by atoms with E-state index in [0.717, 1.165) is 30.5 Å². The SMILES string of the molecule is COc1ccc(CCCc2ccn[nH]2)c(O)c1. The van der Waals surface area contributed by atoms with Crippen LogP contribution in [0.3, 0.4) is 0 Å². The summed E-state index contributed by atoms with van der Waals surface area (Å²) in [6, 6.07) is 7.38. The van der Waals surface area contributed by atoms with Crippen LogP contribution in [0.15, 0.2) is 30.5 Å². The van der Waals surface area contributed by atoms with Gasteiger partial charge >= 0.3 is 0 Å². The summed E-state index contributed by atoms with van der Waals surface area (Å²) in [5.41, 5.74) is 2.07. The second-order valence-corrected chi connectivity index (χ2v) is 3.93. The number of benzene rings is 1. The van der Waals surface area contributed by atoms with Gasteiger partial charge in [0, 0.05) is 18.0 Å². The lowest BCUT2D eigenvalue weighted by atomic mass is 10.1. The van der Waals surface area contributed by atoms with Gasteiger partial charge in [-0.25, -0.2) is 0 Å². The van der Waals surface area contributed by atoms with Crippen molar-refractivity contribution >= 4 is 0 Å². The van der Waals surface area contributed by atoms with Crippen LogP contribution in [0, 0.1) is 0 Å². The smallest absolute Gasteiger partial charge is 0.122 e. The Bertz CT molecular complexity index is 466. The molecule has 0 aliphatic rings. The number of rotatable bonds is 5. The fourth-order valence-corrected chi connectivity index (χ4v) is 1.78. The molecule has 0 unspecified atom stereocenters. The van der Waals surface area contributed by atoms with Gasteiger partial charge in [-0.05, 0) is 37.0 Å². The number of aryl methyl sites for hydroxylation is 2. The molecule has 0 atom stereocenters. The van der Waals surface area contributed by atoms with Gasteiger partial charge in [0.1, 0.15) is 11.5 Å². The van der Waals surface area contributed by atoms with Crippen LogP contribution < -0.4 is 4.74 Å². The number of aromatic amines is 1. The molecule has 0 saturated heterocycles. The van der Waals surface area contributed by atoms with E-state index in [-0.39, 0.29) is 0 Å². The summed E-state index contributed by atoms with van der Waals surface area (Å²) in [7, 11) is 1.59. The Balaban J connectivity index is 1.90. The minimum absolute atomic E-state index is 0.300. The standard InChI is InChI=1S/C13H16N2O2/c1-17-12-6-5-10(13(16)9-12)3-2-4-11-7-8-14-15-11/h5-9,16H,2-4H2,1H3,(H,14,15). The third kappa shape index (κ3) is 3.00. The zero-order valence-corrected chi connectivity index (χ0v) is 9.81. The Hall–Kier alpha value is -1.97. The van der Waals surface area contributed by atoms with Crippen molar-refractivity contribution in [3.8, 4) is 11.5 Å². The van der Waals surface area contributed by atoms with E-state index in [4.69, 9.17) is 4.74 Å². The van der Waals surface area contributed by atoms with Crippen molar-refractivity contribution in [3.63, 3.8) is 0 Å². The zero-order valence-electron chi connectivity index (χ0n) is 9.81. The summed E-state index contributed by atoms with van der Waals surface area (Å²) < 4.78 is 5.04. The monoisotopic (exact) mass is 232 g/mol. The van der Waals surface area contributed by atoms with Crippen LogP contribution in [0.5, 0.6) is 11.5 Å². The molecule has 2 aromatic rings. The molecular formula is C13H16N2O2. The van der Waals surface area contributed by atoms with Gasteiger partial charge in [-0.3, -0.25) is 5.10 Å². The molecule has 0 saturated carbocycles. The molecule has 17 heavy (non-hydrogen) atoms. The van der Waals surface area contributed by atoms with Gasteiger partial charge in [-0.15, -0.1) is 0 Å². The normalized spacial score (nSPS) is 10.4. The summed E-state index contributed by atoms with van der Waals surface area (Å²) in [6.07, 6.45) is 4.50. The minimum atomic E-state index is 0.300. The van der Waals surface area contributed by atoms with Crippen molar-refractivity contribution < 1.29 is 9.84 Å². The van der Waals surface area contributed by atoms with Crippen LogP contribution >= 0.6 is 0 Å². The molecule has 1 heterocycles. The highest BCUT2D eigenvalue weighted by Gasteiger charge is 2.03. The largest absolute Gasteiger partial charge is 0.508 e. The number of methoxy groups -OCH3 is 1. The average molecular weight is 232 g/mol. The highest BCUT2D eigenvalue weighted by molar-refractivity contribution is 5.39. The second-order valence-electron chi connectivity index (χ2n) is 3.93. The van der Waals surface area contributed by atoms with Crippen LogP contribution in [0.2, 0.25) is 0 Å². The van der Waals surface area contributed by atoms with Crippen LogP contribution in [-0.2, 0) is 12.8 Å². The summed E-state index contributed by atoms with van der Waals surface area (Å²) in [5.74, 6) is 0.980. The molecule has 2 N–H and O–H groups in total. The molecular weight excluding hydrogens is 216 g/mol. The van der Waals surface area contributed by atoms with Crippen LogP contribution in [0.1, 0.15) is 17.7 Å². The number of aromatic nitrogens is 2. The quantitative estimate of drug-likeness (QED) is 0.831. The minimum Gasteiger partial charge on any atom is -0.508 e. The van der Waals surface area contributed by atoms with Gasteiger partial charge in [0.25, 0.3) is 0 Å². The van der Waals surface area contributed by atoms with Crippen LogP contribution in [0.25, 0.3) is 0 Å². The van der Waals surface area contributed by atoms with Crippen molar-refractivity contribution in [2.24, 2.45) is 0 Å². The molecule has 90 valence electrons. The van der Waals surface area contributed by atoms with Gasteiger partial charge in [-0.1, -0.05) is 6.07 Å². The number of hydrogen-bond acceptors (Lipinski definition) is 3. The van der Waals surface area contributed by atoms with Gasteiger partial charge < -0.3 is 9.84 Å². The predicted octanol–water partition coefficient (Wildman–Crippen LogP) is 2.30. The molecule has 0 spiro atoms. The van der Waals surface area contributed by atoms with Crippen LogP contribution in [0.4, 0.5) is 0 Å². The van der Waals surface area contributed by atoms with Crippen LogP contribution in [-0.4, -0.2) is 22.4 Å². The maximum Gasteiger partial charge on any atom is 0.122 e. The van der Waals surface area contributed by atoms with E-state index in [9.17, 15) is 5.11 Å². The van der Waals surface area contributed by atoms with Crippen molar-refractivity contribution in [3.05, 3.63) is 41.7 Å². The van der Waals surface area contributed by atoms with Crippen molar-refractivity contribution in [2.75, 3.05) is 7.11 Å². The van der Waals surface area contributed by atoms with Crippen molar-refractivity contribution in [1.82, 2.24) is 10.2 Å². The molecule has 1 aromatic carbocycles. The Morgan fingerprint density at radius 3 is 2.82 bits per heavy atom. The summed E-state index contributed by atoms with van der Waals surface area (Å²) in [6.45, 7) is 0. The first kappa shape index (κ1) is 11.5. The number of ether oxygens (including phenoxy) is 1. The summed E-state index contributed by atoms with van der Waals surface area (Å²) in [5, 5.41) is 16.6. The predicted molar refractivity (Wildman–Crippen MR) is 65.3 cm³/mol. The van der Waals surface area contributed by atoms with E-state index in [1.165, 1.54) is 0 Å². The van der Waals surface area contributed by atoms with Gasteiger partial charge in [0.15, 0.2) is 0 Å². The first-order valence-electron chi connectivity index (χ1n) is 5.63. The third-order valence-corrected chi connectivity index (χ3v) is 2.74. The molecule has 4 heteroatoms. The number of hydrogen-bond donors (Lipinski definition) is 2. The molecule has 0 aliphatic heterocycles. The lowest BCUT2D eigenvalue weighted by molar-refractivity contribution is 0.406. The van der Waals surface area contributed by atoms with E-state index in [1.807, 2.05) is 18.2 Å². The number of H-pyrrole nitrogens is 1. The first-order chi connectivity index (χ1) is 8.29. The molecule has 1 aromatic heterocycles. The van der Waals surface area contributed by atoms with E-state index >= 15 is 0 Å². The first-order valence-corrected chi connectivity index (χ1v) is 5.63. The number of phenols is 1. The molecule has 4 nitrogen and oxygen atoms in total. The fraction of sp³-hybridized carbons (Fsp3) is 0.308. The highest BCUT2D eigenvalue weighted by atomic mass is 16.5.